The maximum atomic E-state index is 6.68. The van der Waals surface area contributed by atoms with Gasteiger partial charge in [0.2, 0.25) is 5.89 Å². The van der Waals surface area contributed by atoms with Crippen molar-refractivity contribution in [3.8, 4) is 67.9 Å². The first kappa shape index (κ1) is 33.8. The molecule has 0 amide bonds. The molecular formula is C51H34N4O2. The van der Waals surface area contributed by atoms with E-state index in [0.29, 0.717) is 28.9 Å². The van der Waals surface area contributed by atoms with E-state index in [9.17, 15) is 0 Å². The molecule has 3 heterocycles. The van der Waals surface area contributed by atoms with E-state index < -0.39 is 0 Å². The fourth-order valence-corrected chi connectivity index (χ4v) is 7.45. The van der Waals surface area contributed by atoms with Gasteiger partial charge in [0.25, 0.3) is 0 Å². The molecule has 6 heteroatoms. The van der Waals surface area contributed by atoms with Crippen molar-refractivity contribution in [2.75, 3.05) is 0 Å². The number of aryl methyl sites for hydroxylation is 1. The number of benzene rings is 7. The van der Waals surface area contributed by atoms with Crippen LogP contribution in [0.25, 0.3) is 107 Å². The Hall–Kier alpha value is -7.70. The minimum atomic E-state index is 0.569. The van der Waals surface area contributed by atoms with E-state index in [2.05, 4.69) is 86.3 Å². The van der Waals surface area contributed by atoms with Crippen molar-refractivity contribution in [1.29, 1.82) is 0 Å². The Morgan fingerprint density at radius 3 is 1.89 bits per heavy atom. The highest BCUT2D eigenvalue weighted by molar-refractivity contribution is 6.15. The van der Waals surface area contributed by atoms with Crippen molar-refractivity contribution in [1.82, 2.24) is 19.9 Å². The van der Waals surface area contributed by atoms with E-state index in [1.807, 2.05) is 97.1 Å². The van der Waals surface area contributed by atoms with Gasteiger partial charge in [0.1, 0.15) is 16.7 Å². The Labute approximate surface area is 329 Å². The summed E-state index contributed by atoms with van der Waals surface area (Å²) in [5.41, 5.74) is 13.1. The van der Waals surface area contributed by atoms with Crippen molar-refractivity contribution in [3.63, 3.8) is 0 Å². The summed E-state index contributed by atoms with van der Waals surface area (Å²) in [6, 6.07) is 53.2. The zero-order valence-electron chi connectivity index (χ0n) is 31.1. The fourth-order valence-electron chi connectivity index (χ4n) is 7.45. The molecule has 10 aromatic rings. The van der Waals surface area contributed by atoms with Gasteiger partial charge in [-0.05, 0) is 65.1 Å². The van der Waals surface area contributed by atoms with Crippen LogP contribution in [0.1, 0.15) is 11.1 Å². The second-order valence-corrected chi connectivity index (χ2v) is 13.9. The zero-order valence-corrected chi connectivity index (χ0v) is 31.1. The maximum Gasteiger partial charge on any atom is 0.227 e. The highest BCUT2D eigenvalue weighted by Crippen LogP contribution is 2.41. The van der Waals surface area contributed by atoms with Gasteiger partial charge < -0.3 is 8.83 Å². The van der Waals surface area contributed by atoms with Gasteiger partial charge in [-0.2, -0.15) is 0 Å². The molecule has 0 N–H and O–H groups in total. The number of hydrogen-bond donors (Lipinski definition) is 0. The lowest BCUT2D eigenvalue weighted by Crippen LogP contribution is -2.00. The third kappa shape index (κ3) is 6.29. The molecule has 10 rings (SSSR count). The third-order valence-electron chi connectivity index (χ3n) is 10.3. The SMILES string of the molecule is C=C/C=C\c1ccc(-c2cccc(-c3nc4cc(-c5cccc6c5oc5cccc(-c7nc(-c8ccccc8)nc(-c8ccccc8)n7)c56)ccc4o3)c2)cc1C. The number of fused-ring (bicyclic) bond motifs is 4. The van der Waals surface area contributed by atoms with Gasteiger partial charge in [0, 0.05) is 38.6 Å². The lowest BCUT2D eigenvalue weighted by molar-refractivity contribution is 0.620. The predicted molar refractivity (Wildman–Crippen MR) is 231 cm³/mol. The summed E-state index contributed by atoms with van der Waals surface area (Å²) in [7, 11) is 0. The molecule has 6 nitrogen and oxygen atoms in total. The summed E-state index contributed by atoms with van der Waals surface area (Å²) in [4.78, 5) is 19.9. The summed E-state index contributed by atoms with van der Waals surface area (Å²) in [5.74, 6) is 2.37. The summed E-state index contributed by atoms with van der Waals surface area (Å²) >= 11 is 0. The quantitative estimate of drug-likeness (QED) is 0.145. The van der Waals surface area contributed by atoms with Gasteiger partial charge in [-0.15, -0.1) is 0 Å². The lowest BCUT2D eigenvalue weighted by Gasteiger charge is -2.09. The highest BCUT2D eigenvalue weighted by atomic mass is 16.3. The predicted octanol–water partition coefficient (Wildman–Crippen LogP) is 13.4. The van der Waals surface area contributed by atoms with Gasteiger partial charge in [-0.3, -0.25) is 0 Å². The average molecular weight is 735 g/mol. The molecule has 0 fully saturated rings. The topological polar surface area (TPSA) is 77.8 Å². The molecule has 57 heavy (non-hydrogen) atoms. The van der Waals surface area contributed by atoms with Gasteiger partial charge in [-0.25, -0.2) is 19.9 Å². The number of aromatic nitrogens is 4. The van der Waals surface area contributed by atoms with Crippen LogP contribution < -0.4 is 0 Å². The maximum absolute atomic E-state index is 6.68. The van der Waals surface area contributed by atoms with Crippen molar-refractivity contribution in [2.45, 2.75) is 6.92 Å². The minimum Gasteiger partial charge on any atom is -0.455 e. The molecule has 0 aliphatic rings. The number of para-hydroxylation sites is 1. The smallest absolute Gasteiger partial charge is 0.227 e. The standard InChI is InChI=1S/C51H34N4O2/c1-3-4-14-33-25-26-37(29-32(33)2)36-19-11-20-39(30-36)51-52-43-31-38(27-28-44(43)57-51)40-21-12-22-41-46-42(23-13-24-45(46)56-47(40)41)50-54-48(34-15-7-5-8-16-34)53-49(55-50)35-17-9-6-10-18-35/h3-31H,1H2,2H3/b14-4-. The van der Waals surface area contributed by atoms with Gasteiger partial charge in [-0.1, -0.05) is 152 Å². The minimum absolute atomic E-state index is 0.569. The molecule has 0 saturated carbocycles. The van der Waals surface area contributed by atoms with Gasteiger partial charge in [0.05, 0.1) is 0 Å². The largest absolute Gasteiger partial charge is 0.455 e. The van der Waals surface area contributed by atoms with Gasteiger partial charge >= 0.3 is 0 Å². The molecule has 7 aromatic carbocycles. The Kier molecular flexibility index (Phi) is 8.42. The van der Waals surface area contributed by atoms with Crippen LogP contribution in [0.2, 0.25) is 0 Å². The molecule has 0 bridgehead atoms. The Morgan fingerprint density at radius 2 is 1.14 bits per heavy atom. The first-order valence-electron chi connectivity index (χ1n) is 18.8. The molecule has 0 radical (unpaired) electrons. The second-order valence-electron chi connectivity index (χ2n) is 13.9. The van der Waals surface area contributed by atoms with Crippen molar-refractivity contribution < 1.29 is 8.83 Å². The fraction of sp³-hybridized carbons (Fsp3) is 0.0196. The zero-order chi connectivity index (χ0) is 38.3. The van der Waals surface area contributed by atoms with Crippen LogP contribution in [-0.2, 0) is 0 Å². The lowest BCUT2D eigenvalue weighted by atomic mass is 9.98. The summed E-state index contributed by atoms with van der Waals surface area (Å²) < 4.78 is 13.0. The Bertz CT molecular complexity index is 3100. The molecule has 0 saturated heterocycles. The normalized spacial score (nSPS) is 11.6. The van der Waals surface area contributed by atoms with Crippen molar-refractivity contribution in [3.05, 3.63) is 188 Å². The second kappa shape index (κ2) is 14.2. The van der Waals surface area contributed by atoms with E-state index >= 15 is 0 Å². The third-order valence-corrected chi connectivity index (χ3v) is 10.3. The first-order valence-corrected chi connectivity index (χ1v) is 18.8. The van der Waals surface area contributed by atoms with Crippen LogP contribution in [0, 0.1) is 6.92 Å². The van der Waals surface area contributed by atoms with E-state index in [-0.39, 0.29) is 0 Å². The van der Waals surface area contributed by atoms with Crippen molar-refractivity contribution in [2.24, 2.45) is 0 Å². The van der Waals surface area contributed by atoms with Gasteiger partial charge in [0.15, 0.2) is 23.1 Å². The number of allylic oxidation sites excluding steroid dienone is 2. The molecule has 3 aromatic heterocycles. The number of nitrogens with zero attached hydrogens (tertiary/aromatic N) is 4. The molecular weight excluding hydrogens is 701 g/mol. The van der Waals surface area contributed by atoms with E-state index in [1.54, 1.807) is 6.08 Å². The number of rotatable bonds is 8. The molecule has 0 spiro atoms. The van der Waals surface area contributed by atoms with Crippen LogP contribution in [0.5, 0.6) is 0 Å². The van der Waals surface area contributed by atoms with Crippen LogP contribution in [0.15, 0.2) is 185 Å². The molecule has 0 aliphatic heterocycles. The van der Waals surface area contributed by atoms with Crippen LogP contribution in [-0.4, -0.2) is 19.9 Å². The summed E-state index contributed by atoms with van der Waals surface area (Å²) in [6.07, 6.45) is 5.81. The summed E-state index contributed by atoms with van der Waals surface area (Å²) in [5, 5.41) is 1.92. The Balaban J connectivity index is 1.04. The number of oxazole rings is 1. The number of furan rings is 1. The molecule has 0 aliphatic carbocycles. The monoisotopic (exact) mass is 734 g/mol. The van der Waals surface area contributed by atoms with Crippen LogP contribution >= 0.6 is 0 Å². The Morgan fingerprint density at radius 1 is 0.491 bits per heavy atom. The van der Waals surface area contributed by atoms with Crippen LogP contribution in [0.4, 0.5) is 0 Å². The molecule has 0 unspecified atom stereocenters. The highest BCUT2D eigenvalue weighted by Gasteiger charge is 2.20. The van der Waals surface area contributed by atoms with Crippen LogP contribution in [0.3, 0.4) is 0 Å². The van der Waals surface area contributed by atoms with E-state index in [4.69, 9.17) is 28.8 Å². The first-order chi connectivity index (χ1) is 28.1. The molecule has 270 valence electrons. The summed E-state index contributed by atoms with van der Waals surface area (Å²) in [6.45, 7) is 5.91. The average Bonchev–Trinajstić information content (AvgIpc) is 3.88. The molecule has 0 atom stereocenters. The van der Waals surface area contributed by atoms with Crippen molar-refractivity contribution >= 4 is 39.1 Å². The van der Waals surface area contributed by atoms with E-state index in [1.165, 1.54) is 11.1 Å². The van der Waals surface area contributed by atoms with E-state index in [0.717, 1.165) is 72.0 Å². The number of hydrogen-bond acceptors (Lipinski definition) is 6.